The topological polar surface area (TPSA) is 46.9 Å². The van der Waals surface area contributed by atoms with Gasteiger partial charge >= 0.3 is 5.69 Å². The third-order valence-corrected chi connectivity index (χ3v) is 4.31. The van der Waals surface area contributed by atoms with Crippen LogP contribution in [0.3, 0.4) is 0 Å². The molecule has 1 saturated heterocycles. The molecule has 1 aromatic rings. The second kappa shape index (κ2) is 4.67. The molecule has 4 nitrogen and oxygen atoms in total. The van der Waals surface area contributed by atoms with Crippen molar-refractivity contribution in [3.8, 4) is 0 Å². The number of nitrogens with one attached hydrogen (secondary N) is 1. The molecule has 1 aliphatic heterocycles. The highest BCUT2D eigenvalue weighted by Crippen LogP contribution is 2.18. The summed E-state index contributed by atoms with van der Waals surface area (Å²) in [5.41, 5.74) is 1.61. The van der Waals surface area contributed by atoms with Crippen molar-refractivity contribution < 1.29 is 0 Å². The fourth-order valence-electron chi connectivity index (χ4n) is 1.90. The Balaban J connectivity index is 2.19. The van der Waals surface area contributed by atoms with E-state index in [2.05, 4.69) is 26.2 Å². The molecule has 0 aliphatic carbocycles. The molecule has 0 spiro atoms. The number of halogens is 1. The predicted molar refractivity (Wildman–Crippen MR) is 66.6 cm³/mol. The van der Waals surface area contributed by atoms with E-state index in [1.54, 1.807) is 4.57 Å². The van der Waals surface area contributed by atoms with Crippen LogP contribution in [0.15, 0.2) is 9.27 Å². The van der Waals surface area contributed by atoms with Crippen LogP contribution in [0.5, 0.6) is 0 Å². The van der Waals surface area contributed by atoms with E-state index in [0.717, 1.165) is 41.9 Å². The van der Waals surface area contributed by atoms with Crippen LogP contribution in [-0.4, -0.2) is 22.6 Å². The molecular weight excluding hydrogens is 270 g/mol. The first-order valence-electron chi connectivity index (χ1n) is 5.54. The summed E-state index contributed by atoms with van der Waals surface area (Å²) in [5.74, 6) is 0.714. The highest BCUT2D eigenvalue weighted by Gasteiger charge is 2.17. The van der Waals surface area contributed by atoms with Gasteiger partial charge in [-0.25, -0.2) is 4.79 Å². The van der Waals surface area contributed by atoms with Gasteiger partial charge in [0.1, 0.15) is 0 Å². The van der Waals surface area contributed by atoms with Gasteiger partial charge in [0.15, 0.2) is 0 Å². The lowest BCUT2D eigenvalue weighted by Crippen LogP contribution is -2.43. The Morgan fingerprint density at radius 2 is 2.19 bits per heavy atom. The summed E-state index contributed by atoms with van der Waals surface area (Å²) in [6.45, 7) is 6.73. The number of rotatable bonds is 3. The van der Waals surface area contributed by atoms with E-state index in [0.29, 0.717) is 5.92 Å². The second-order valence-electron chi connectivity index (χ2n) is 4.34. The zero-order chi connectivity index (χ0) is 11.7. The number of nitrogens with zero attached hydrogens (tertiary/aromatic N) is 2. The number of aryl methyl sites for hydroxylation is 1. The SMILES string of the molecule is Cc1nc(=O)n(CCC2CNC2)c(C)c1Br. The Morgan fingerprint density at radius 3 is 2.75 bits per heavy atom. The number of hydrogen-bond acceptors (Lipinski definition) is 3. The van der Waals surface area contributed by atoms with Crippen LogP contribution in [0.25, 0.3) is 0 Å². The van der Waals surface area contributed by atoms with Crippen molar-refractivity contribution in [3.63, 3.8) is 0 Å². The van der Waals surface area contributed by atoms with Gasteiger partial charge in [-0.1, -0.05) is 0 Å². The highest BCUT2D eigenvalue weighted by atomic mass is 79.9. The highest BCUT2D eigenvalue weighted by molar-refractivity contribution is 9.10. The minimum absolute atomic E-state index is 0.134. The number of hydrogen-bond donors (Lipinski definition) is 1. The summed E-state index contributed by atoms with van der Waals surface area (Å²) >= 11 is 3.47. The Hall–Kier alpha value is -0.680. The monoisotopic (exact) mass is 285 g/mol. The molecular formula is C11H16BrN3O. The summed E-state index contributed by atoms with van der Waals surface area (Å²) in [7, 11) is 0. The fraction of sp³-hybridized carbons (Fsp3) is 0.636. The molecule has 1 fully saturated rings. The molecule has 0 aromatic carbocycles. The van der Waals surface area contributed by atoms with Gasteiger partial charge in [0.25, 0.3) is 0 Å². The standard InChI is InChI=1S/C11H16BrN3O/c1-7-10(12)8(2)15(11(16)14-7)4-3-9-5-13-6-9/h9,13H,3-6H2,1-2H3. The molecule has 0 unspecified atom stereocenters. The van der Waals surface area contributed by atoms with Gasteiger partial charge in [-0.2, -0.15) is 4.98 Å². The average molecular weight is 286 g/mol. The van der Waals surface area contributed by atoms with Crippen molar-refractivity contribution in [2.45, 2.75) is 26.8 Å². The molecule has 0 atom stereocenters. The van der Waals surface area contributed by atoms with Gasteiger partial charge in [0.2, 0.25) is 0 Å². The smallest absolute Gasteiger partial charge is 0.316 e. The Bertz CT molecular complexity index is 451. The van der Waals surface area contributed by atoms with Crippen LogP contribution >= 0.6 is 15.9 Å². The van der Waals surface area contributed by atoms with Crippen molar-refractivity contribution in [1.82, 2.24) is 14.9 Å². The van der Waals surface area contributed by atoms with Gasteiger partial charge in [-0.05, 0) is 55.2 Å². The van der Waals surface area contributed by atoms with Crippen LogP contribution in [0, 0.1) is 19.8 Å². The lowest BCUT2D eigenvalue weighted by molar-refractivity contribution is 0.308. The lowest BCUT2D eigenvalue weighted by atomic mass is 9.99. The molecule has 0 saturated carbocycles. The van der Waals surface area contributed by atoms with E-state index in [1.165, 1.54) is 0 Å². The maximum absolute atomic E-state index is 11.7. The van der Waals surface area contributed by atoms with E-state index >= 15 is 0 Å². The van der Waals surface area contributed by atoms with Crippen LogP contribution in [0.2, 0.25) is 0 Å². The summed E-state index contributed by atoms with van der Waals surface area (Å²) in [6.07, 6.45) is 1.05. The van der Waals surface area contributed by atoms with E-state index in [-0.39, 0.29) is 5.69 Å². The summed E-state index contributed by atoms with van der Waals surface area (Å²) < 4.78 is 2.70. The van der Waals surface area contributed by atoms with Crippen LogP contribution < -0.4 is 11.0 Å². The van der Waals surface area contributed by atoms with Crippen molar-refractivity contribution in [3.05, 3.63) is 26.3 Å². The summed E-state index contributed by atoms with van der Waals surface area (Å²) in [4.78, 5) is 15.7. The quantitative estimate of drug-likeness (QED) is 0.909. The normalized spacial score (nSPS) is 16.2. The van der Waals surface area contributed by atoms with Gasteiger partial charge < -0.3 is 5.32 Å². The predicted octanol–water partition coefficient (Wildman–Crippen LogP) is 1.23. The molecule has 1 N–H and O–H groups in total. The lowest BCUT2D eigenvalue weighted by Gasteiger charge is -2.27. The molecule has 0 bridgehead atoms. The Labute approximate surface area is 103 Å². The van der Waals surface area contributed by atoms with Crippen molar-refractivity contribution >= 4 is 15.9 Å². The molecule has 16 heavy (non-hydrogen) atoms. The summed E-state index contributed by atoms with van der Waals surface area (Å²) in [6, 6.07) is 0. The van der Waals surface area contributed by atoms with E-state index in [4.69, 9.17) is 0 Å². The van der Waals surface area contributed by atoms with E-state index in [9.17, 15) is 4.79 Å². The molecule has 1 aliphatic rings. The molecule has 5 heteroatoms. The van der Waals surface area contributed by atoms with E-state index in [1.807, 2.05) is 13.8 Å². The van der Waals surface area contributed by atoms with Crippen LogP contribution in [-0.2, 0) is 6.54 Å². The first-order chi connectivity index (χ1) is 7.59. The third kappa shape index (κ3) is 2.20. The molecule has 88 valence electrons. The first kappa shape index (κ1) is 11.8. The Kier molecular flexibility index (Phi) is 3.44. The number of aromatic nitrogens is 2. The van der Waals surface area contributed by atoms with Gasteiger partial charge in [0.05, 0.1) is 10.2 Å². The zero-order valence-electron chi connectivity index (χ0n) is 9.59. The summed E-state index contributed by atoms with van der Waals surface area (Å²) in [5, 5.41) is 3.23. The fourth-order valence-corrected chi connectivity index (χ4v) is 2.21. The van der Waals surface area contributed by atoms with E-state index < -0.39 is 0 Å². The van der Waals surface area contributed by atoms with Gasteiger partial charge in [-0.15, -0.1) is 0 Å². The van der Waals surface area contributed by atoms with Crippen molar-refractivity contribution in [1.29, 1.82) is 0 Å². The first-order valence-corrected chi connectivity index (χ1v) is 6.33. The van der Waals surface area contributed by atoms with Gasteiger partial charge in [0, 0.05) is 12.2 Å². The minimum Gasteiger partial charge on any atom is -0.316 e. The largest absolute Gasteiger partial charge is 0.348 e. The molecule has 1 aromatic heterocycles. The molecule has 2 rings (SSSR count). The Morgan fingerprint density at radius 1 is 1.50 bits per heavy atom. The second-order valence-corrected chi connectivity index (χ2v) is 5.14. The maximum atomic E-state index is 11.7. The van der Waals surface area contributed by atoms with Crippen molar-refractivity contribution in [2.75, 3.05) is 13.1 Å². The molecule has 2 heterocycles. The third-order valence-electron chi connectivity index (χ3n) is 3.16. The molecule has 0 radical (unpaired) electrons. The molecule has 0 amide bonds. The van der Waals surface area contributed by atoms with Crippen LogP contribution in [0.4, 0.5) is 0 Å². The van der Waals surface area contributed by atoms with Gasteiger partial charge in [-0.3, -0.25) is 4.57 Å². The van der Waals surface area contributed by atoms with Crippen molar-refractivity contribution in [2.24, 2.45) is 5.92 Å². The van der Waals surface area contributed by atoms with Crippen LogP contribution in [0.1, 0.15) is 17.8 Å². The average Bonchev–Trinajstić information content (AvgIpc) is 2.17. The zero-order valence-corrected chi connectivity index (χ0v) is 11.2. The minimum atomic E-state index is -0.134. The maximum Gasteiger partial charge on any atom is 0.348 e.